The molecule has 0 aliphatic carbocycles. The number of para-hydroxylation sites is 1. The molecule has 4 rings (SSSR count). The summed E-state index contributed by atoms with van der Waals surface area (Å²) in [6.45, 7) is 8.30. The van der Waals surface area contributed by atoms with E-state index in [9.17, 15) is 9.59 Å². The van der Waals surface area contributed by atoms with Crippen molar-refractivity contribution < 1.29 is 9.53 Å². The van der Waals surface area contributed by atoms with Gasteiger partial charge in [-0.2, -0.15) is 0 Å². The first-order valence-corrected chi connectivity index (χ1v) is 11.7. The van der Waals surface area contributed by atoms with E-state index in [1.165, 1.54) is 0 Å². The Morgan fingerprint density at radius 2 is 1.69 bits per heavy atom. The number of benzene rings is 3. The fourth-order valence-corrected chi connectivity index (χ4v) is 4.09. The Labute approximate surface area is 205 Å². The van der Waals surface area contributed by atoms with Crippen LogP contribution in [0.2, 0.25) is 0 Å². The van der Waals surface area contributed by atoms with Crippen LogP contribution in [0.4, 0.5) is 0 Å². The van der Waals surface area contributed by atoms with Crippen LogP contribution in [0.15, 0.2) is 77.6 Å². The molecule has 1 unspecified atom stereocenters. The van der Waals surface area contributed by atoms with E-state index in [1.807, 2.05) is 67.6 Å². The number of carbonyl (C=O) groups excluding carboxylic acids is 1. The van der Waals surface area contributed by atoms with Crippen LogP contribution < -0.4 is 10.3 Å². The number of amides is 1. The second-order valence-electron chi connectivity index (χ2n) is 9.75. The molecule has 1 heterocycles. The van der Waals surface area contributed by atoms with Crippen LogP contribution in [0.3, 0.4) is 0 Å². The van der Waals surface area contributed by atoms with Gasteiger partial charge in [0.1, 0.15) is 11.6 Å². The lowest BCUT2D eigenvalue weighted by Crippen LogP contribution is -2.35. The Kier molecular flexibility index (Phi) is 6.48. The Morgan fingerprint density at radius 3 is 2.34 bits per heavy atom. The Balaban J connectivity index is 1.80. The summed E-state index contributed by atoms with van der Waals surface area (Å²) in [7, 11) is 3.32. The predicted octanol–water partition coefficient (Wildman–Crippen LogP) is 5.53. The third kappa shape index (κ3) is 4.69. The lowest BCUT2D eigenvalue weighted by molar-refractivity contribution is 0.0735. The van der Waals surface area contributed by atoms with Crippen LogP contribution in [0.25, 0.3) is 16.6 Å². The zero-order valence-corrected chi connectivity index (χ0v) is 21.1. The lowest BCUT2D eigenvalue weighted by Gasteiger charge is -2.27. The highest BCUT2D eigenvalue weighted by atomic mass is 16.5. The summed E-state index contributed by atoms with van der Waals surface area (Å²) < 4.78 is 6.95. The third-order valence-electron chi connectivity index (χ3n) is 6.39. The first-order chi connectivity index (χ1) is 16.6. The zero-order valence-electron chi connectivity index (χ0n) is 21.1. The summed E-state index contributed by atoms with van der Waals surface area (Å²) in [5.41, 5.74) is 2.78. The zero-order chi connectivity index (χ0) is 25.3. The molecule has 6 heteroatoms. The Hall–Kier alpha value is -3.93. The molecule has 35 heavy (non-hydrogen) atoms. The van der Waals surface area contributed by atoms with Crippen molar-refractivity contribution in [3.05, 3.63) is 100 Å². The lowest BCUT2D eigenvalue weighted by atomic mass is 9.86. The number of hydrogen-bond acceptors (Lipinski definition) is 4. The van der Waals surface area contributed by atoms with Crippen molar-refractivity contribution in [2.45, 2.75) is 39.2 Å². The van der Waals surface area contributed by atoms with E-state index in [0.29, 0.717) is 33.7 Å². The van der Waals surface area contributed by atoms with Gasteiger partial charge < -0.3 is 9.64 Å². The minimum absolute atomic E-state index is 0.00257. The molecule has 0 saturated carbocycles. The summed E-state index contributed by atoms with van der Waals surface area (Å²) in [5.74, 6) is 0.964. The van der Waals surface area contributed by atoms with E-state index in [0.717, 1.165) is 5.56 Å². The van der Waals surface area contributed by atoms with E-state index in [1.54, 1.807) is 35.8 Å². The number of methoxy groups -OCH3 is 1. The van der Waals surface area contributed by atoms with Crippen molar-refractivity contribution in [2.24, 2.45) is 0 Å². The van der Waals surface area contributed by atoms with Gasteiger partial charge in [-0.3, -0.25) is 14.2 Å². The van der Waals surface area contributed by atoms with Crippen molar-refractivity contribution in [1.29, 1.82) is 0 Å². The summed E-state index contributed by atoms with van der Waals surface area (Å²) in [6.07, 6.45) is 0. The van der Waals surface area contributed by atoms with Crippen LogP contribution >= 0.6 is 0 Å². The van der Waals surface area contributed by atoms with E-state index in [-0.39, 0.29) is 16.9 Å². The highest BCUT2D eigenvalue weighted by Gasteiger charge is 2.25. The monoisotopic (exact) mass is 469 g/mol. The highest BCUT2D eigenvalue weighted by molar-refractivity contribution is 5.94. The number of nitrogens with zero attached hydrogens (tertiary/aromatic N) is 3. The smallest absolute Gasteiger partial charge is 0.266 e. The average Bonchev–Trinajstić information content (AvgIpc) is 2.87. The quantitative estimate of drug-likeness (QED) is 0.386. The largest absolute Gasteiger partial charge is 0.497 e. The van der Waals surface area contributed by atoms with Gasteiger partial charge >= 0.3 is 0 Å². The Bertz CT molecular complexity index is 1430. The van der Waals surface area contributed by atoms with Crippen molar-refractivity contribution >= 4 is 16.8 Å². The molecule has 6 nitrogen and oxygen atoms in total. The minimum atomic E-state index is -0.478. The fraction of sp³-hybridized carbons (Fsp3) is 0.276. The minimum Gasteiger partial charge on any atom is -0.497 e. The Morgan fingerprint density at radius 1 is 1.00 bits per heavy atom. The molecule has 3 aromatic carbocycles. The van der Waals surface area contributed by atoms with E-state index in [4.69, 9.17) is 9.72 Å². The number of ether oxygens (including phenoxy) is 1. The molecule has 4 aromatic rings. The molecule has 0 N–H and O–H groups in total. The summed E-state index contributed by atoms with van der Waals surface area (Å²) in [6, 6.07) is 21.8. The van der Waals surface area contributed by atoms with Gasteiger partial charge in [0, 0.05) is 18.7 Å². The summed E-state index contributed by atoms with van der Waals surface area (Å²) >= 11 is 0. The first-order valence-electron chi connectivity index (χ1n) is 11.7. The van der Waals surface area contributed by atoms with Crippen LogP contribution in [0.5, 0.6) is 5.75 Å². The van der Waals surface area contributed by atoms with Gasteiger partial charge in [0.05, 0.1) is 29.7 Å². The van der Waals surface area contributed by atoms with Crippen LogP contribution in [-0.2, 0) is 5.41 Å². The highest BCUT2D eigenvalue weighted by Crippen LogP contribution is 2.26. The average molecular weight is 470 g/mol. The maximum Gasteiger partial charge on any atom is 0.266 e. The van der Waals surface area contributed by atoms with E-state index in [2.05, 4.69) is 20.8 Å². The second-order valence-corrected chi connectivity index (χ2v) is 9.75. The maximum atomic E-state index is 13.6. The van der Waals surface area contributed by atoms with Gasteiger partial charge in [-0.1, -0.05) is 51.1 Å². The topological polar surface area (TPSA) is 64.4 Å². The molecule has 1 atom stereocenters. The van der Waals surface area contributed by atoms with Crippen LogP contribution in [-0.4, -0.2) is 34.5 Å². The standard InChI is InChI=1S/C29H31N3O3/c1-19(31(5)27(33)20-14-16-21(17-15-20)29(2,3)4)26-30-25-13-8-7-12-24(25)28(34)32(26)22-10-9-11-23(18-22)35-6/h7-19H,1-6H3. The number of carbonyl (C=O) groups is 1. The molecule has 0 spiro atoms. The predicted molar refractivity (Wildman–Crippen MR) is 140 cm³/mol. The summed E-state index contributed by atoms with van der Waals surface area (Å²) in [5, 5.41) is 0.512. The van der Waals surface area contributed by atoms with E-state index < -0.39 is 6.04 Å². The van der Waals surface area contributed by atoms with Crippen molar-refractivity contribution in [3.8, 4) is 11.4 Å². The van der Waals surface area contributed by atoms with E-state index >= 15 is 0 Å². The van der Waals surface area contributed by atoms with Gasteiger partial charge in [-0.25, -0.2) is 4.98 Å². The molecule has 180 valence electrons. The van der Waals surface area contributed by atoms with Crippen LogP contribution in [0, 0.1) is 0 Å². The second kappa shape index (κ2) is 9.37. The van der Waals surface area contributed by atoms with Gasteiger partial charge in [0.2, 0.25) is 0 Å². The molecule has 0 fully saturated rings. The van der Waals surface area contributed by atoms with Gasteiger partial charge in [-0.05, 0) is 54.3 Å². The van der Waals surface area contributed by atoms with Crippen LogP contribution in [0.1, 0.15) is 55.5 Å². The molecule has 0 aliphatic rings. The number of rotatable bonds is 5. The maximum absolute atomic E-state index is 13.6. The van der Waals surface area contributed by atoms with Gasteiger partial charge in [-0.15, -0.1) is 0 Å². The molecule has 0 aliphatic heterocycles. The molecule has 1 amide bonds. The molecule has 0 radical (unpaired) electrons. The van der Waals surface area contributed by atoms with Crippen molar-refractivity contribution in [1.82, 2.24) is 14.5 Å². The van der Waals surface area contributed by atoms with Crippen molar-refractivity contribution in [3.63, 3.8) is 0 Å². The molecule has 0 bridgehead atoms. The molecule has 1 aromatic heterocycles. The normalized spacial score (nSPS) is 12.4. The van der Waals surface area contributed by atoms with Crippen molar-refractivity contribution in [2.75, 3.05) is 14.2 Å². The molecular weight excluding hydrogens is 438 g/mol. The fourth-order valence-electron chi connectivity index (χ4n) is 4.09. The van der Waals surface area contributed by atoms with Gasteiger partial charge in [0.15, 0.2) is 0 Å². The third-order valence-corrected chi connectivity index (χ3v) is 6.39. The first kappa shape index (κ1) is 24.2. The molecular formula is C29H31N3O3. The molecule has 0 saturated heterocycles. The number of fused-ring (bicyclic) bond motifs is 1. The number of aromatic nitrogens is 2. The number of hydrogen-bond donors (Lipinski definition) is 0. The SMILES string of the molecule is COc1cccc(-n2c(C(C)N(C)C(=O)c3ccc(C(C)(C)C)cc3)nc3ccccc3c2=O)c1. The summed E-state index contributed by atoms with van der Waals surface area (Å²) in [4.78, 5) is 33.5. The van der Waals surface area contributed by atoms with Gasteiger partial charge in [0.25, 0.3) is 11.5 Å².